The second-order valence-corrected chi connectivity index (χ2v) is 10.8. The fourth-order valence-electron chi connectivity index (χ4n) is 4.32. The smallest absolute Gasteiger partial charge is 0.251 e. The van der Waals surface area contributed by atoms with E-state index >= 15 is 0 Å². The first kappa shape index (κ1) is 24.8. The highest BCUT2D eigenvalue weighted by Gasteiger charge is 2.26. The number of rotatable bonds is 7. The number of piperidine rings is 1. The van der Waals surface area contributed by atoms with Crippen LogP contribution in [0.1, 0.15) is 50.5 Å². The third kappa shape index (κ3) is 7.33. The number of carbonyl (C=O) groups is 1. The molecule has 1 amide bonds. The van der Waals surface area contributed by atoms with Crippen LogP contribution < -0.4 is 10.2 Å². The van der Waals surface area contributed by atoms with E-state index in [1.807, 2.05) is 19.2 Å². The summed E-state index contributed by atoms with van der Waals surface area (Å²) in [6, 6.07) is 1.92. The third-order valence-electron chi connectivity index (χ3n) is 5.99. The molecular formula is C22H34ClN5O3S. The Balaban J connectivity index is 1.43. The number of aromatic nitrogens is 1. The summed E-state index contributed by atoms with van der Waals surface area (Å²) in [5, 5.41) is 3.71. The molecule has 10 heteroatoms. The van der Waals surface area contributed by atoms with Crippen molar-refractivity contribution >= 4 is 39.2 Å². The van der Waals surface area contributed by atoms with Crippen molar-refractivity contribution < 1.29 is 13.2 Å². The molecule has 32 heavy (non-hydrogen) atoms. The maximum Gasteiger partial charge on any atom is 0.251 e. The Morgan fingerprint density at radius 1 is 1.25 bits per heavy atom. The SMILES string of the molecule is Cc1cnc(N2CCC(C(=O)NCCCN3CCCCCC3=NS(C)(=O)=O)CC2)c(Cl)c1. The van der Waals surface area contributed by atoms with Gasteiger partial charge in [-0.05, 0) is 50.7 Å². The molecule has 0 aliphatic carbocycles. The van der Waals surface area contributed by atoms with E-state index < -0.39 is 10.0 Å². The first-order chi connectivity index (χ1) is 15.2. The topological polar surface area (TPSA) is 95.0 Å². The van der Waals surface area contributed by atoms with E-state index in [-0.39, 0.29) is 11.8 Å². The Kier molecular flexibility index (Phi) is 8.76. The summed E-state index contributed by atoms with van der Waals surface area (Å²) in [7, 11) is -3.40. The number of amides is 1. The highest BCUT2D eigenvalue weighted by Crippen LogP contribution is 2.28. The molecule has 1 aromatic rings. The summed E-state index contributed by atoms with van der Waals surface area (Å²) in [4.78, 5) is 21.3. The summed E-state index contributed by atoms with van der Waals surface area (Å²) in [5.41, 5.74) is 1.03. The zero-order valence-corrected chi connectivity index (χ0v) is 20.6. The summed E-state index contributed by atoms with van der Waals surface area (Å²) >= 11 is 6.34. The van der Waals surface area contributed by atoms with Gasteiger partial charge in [0.15, 0.2) is 0 Å². The molecule has 2 aliphatic rings. The van der Waals surface area contributed by atoms with E-state index in [1.165, 1.54) is 0 Å². The number of likely N-dealkylation sites (tertiary alicyclic amines) is 1. The maximum absolute atomic E-state index is 12.6. The third-order valence-corrected chi connectivity index (χ3v) is 6.81. The van der Waals surface area contributed by atoms with Crippen LogP contribution in [0.4, 0.5) is 5.82 Å². The van der Waals surface area contributed by atoms with E-state index in [0.29, 0.717) is 30.4 Å². The van der Waals surface area contributed by atoms with Crippen molar-refractivity contribution in [3.05, 3.63) is 22.8 Å². The van der Waals surface area contributed by atoms with E-state index in [2.05, 4.69) is 24.5 Å². The van der Waals surface area contributed by atoms with Gasteiger partial charge in [0.05, 0.1) is 11.3 Å². The minimum Gasteiger partial charge on any atom is -0.359 e. The molecule has 0 aromatic carbocycles. The number of sulfonamides is 1. The molecular weight excluding hydrogens is 450 g/mol. The standard InChI is InChI=1S/C22H34ClN5O3S/c1-17-15-19(23)21(25-16-17)28-13-8-18(9-14-28)22(29)24-10-6-12-27-11-5-3-4-7-20(27)26-32(2,30)31/h15-16,18H,3-14H2,1-2H3,(H,24,29). The van der Waals surface area contributed by atoms with Crippen molar-refractivity contribution in [1.82, 2.24) is 15.2 Å². The molecule has 8 nitrogen and oxygen atoms in total. The van der Waals surface area contributed by atoms with Gasteiger partial charge in [-0.25, -0.2) is 13.4 Å². The highest BCUT2D eigenvalue weighted by molar-refractivity contribution is 7.89. The van der Waals surface area contributed by atoms with E-state index in [4.69, 9.17) is 11.6 Å². The number of aryl methyl sites for hydroxylation is 1. The number of hydrogen-bond acceptors (Lipinski definition) is 5. The zero-order chi connectivity index (χ0) is 23.1. The molecule has 0 bridgehead atoms. The van der Waals surface area contributed by atoms with Gasteiger partial charge in [-0.15, -0.1) is 0 Å². The lowest BCUT2D eigenvalue weighted by atomic mass is 9.96. The van der Waals surface area contributed by atoms with Crippen molar-refractivity contribution in [2.45, 2.75) is 51.9 Å². The Morgan fingerprint density at radius 3 is 2.69 bits per heavy atom. The molecule has 2 aliphatic heterocycles. The number of carbonyl (C=O) groups excluding carboxylic acids is 1. The van der Waals surface area contributed by atoms with Crippen molar-refractivity contribution in [2.24, 2.45) is 10.3 Å². The largest absolute Gasteiger partial charge is 0.359 e. The molecule has 0 saturated carbocycles. The molecule has 1 aromatic heterocycles. The Bertz CT molecular complexity index is 929. The van der Waals surface area contributed by atoms with Crippen LogP contribution in [-0.2, 0) is 14.8 Å². The predicted molar refractivity (Wildman–Crippen MR) is 129 cm³/mol. The van der Waals surface area contributed by atoms with Gasteiger partial charge < -0.3 is 15.1 Å². The number of amidine groups is 1. The molecule has 3 heterocycles. The monoisotopic (exact) mass is 483 g/mol. The van der Waals surface area contributed by atoms with Crippen LogP contribution in [0, 0.1) is 12.8 Å². The molecule has 2 saturated heterocycles. The van der Waals surface area contributed by atoms with Gasteiger partial charge in [0, 0.05) is 51.3 Å². The van der Waals surface area contributed by atoms with E-state index in [1.54, 1.807) is 0 Å². The first-order valence-electron chi connectivity index (χ1n) is 11.4. The average molecular weight is 484 g/mol. The minimum atomic E-state index is -3.40. The fourth-order valence-corrected chi connectivity index (χ4v) is 5.25. The summed E-state index contributed by atoms with van der Waals surface area (Å²) in [6.45, 7) is 5.57. The highest BCUT2D eigenvalue weighted by atomic mass is 35.5. The number of hydrogen-bond donors (Lipinski definition) is 1. The van der Waals surface area contributed by atoms with Crippen LogP contribution in [0.5, 0.6) is 0 Å². The van der Waals surface area contributed by atoms with Gasteiger partial charge in [0.25, 0.3) is 10.0 Å². The summed E-state index contributed by atoms with van der Waals surface area (Å²) in [5.74, 6) is 1.54. The van der Waals surface area contributed by atoms with Gasteiger partial charge in [0.1, 0.15) is 11.7 Å². The number of halogens is 1. The van der Waals surface area contributed by atoms with Crippen LogP contribution in [-0.4, -0.2) is 69.0 Å². The van der Waals surface area contributed by atoms with Crippen LogP contribution in [0.3, 0.4) is 0 Å². The zero-order valence-electron chi connectivity index (χ0n) is 19.0. The van der Waals surface area contributed by atoms with Crippen LogP contribution >= 0.6 is 11.6 Å². The molecule has 2 fully saturated rings. The van der Waals surface area contributed by atoms with Crippen molar-refractivity contribution in [3.8, 4) is 0 Å². The number of nitrogens with zero attached hydrogens (tertiary/aromatic N) is 4. The van der Waals surface area contributed by atoms with Gasteiger partial charge in [0.2, 0.25) is 5.91 Å². The minimum absolute atomic E-state index is 0.00369. The number of pyridine rings is 1. The summed E-state index contributed by atoms with van der Waals surface area (Å²) in [6.07, 6.45) is 9.03. The van der Waals surface area contributed by atoms with Gasteiger partial charge in [-0.2, -0.15) is 4.40 Å². The number of anilines is 1. The lowest BCUT2D eigenvalue weighted by molar-refractivity contribution is -0.125. The lowest BCUT2D eigenvalue weighted by Crippen LogP contribution is -2.41. The molecule has 3 rings (SSSR count). The molecule has 0 radical (unpaired) electrons. The Hall–Kier alpha value is -1.87. The molecule has 178 valence electrons. The maximum atomic E-state index is 12.6. The summed E-state index contributed by atoms with van der Waals surface area (Å²) < 4.78 is 27.2. The average Bonchev–Trinajstić information content (AvgIpc) is 2.95. The predicted octanol–water partition coefficient (Wildman–Crippen LogP) is 3.00. The Labute approximate surface area is 196 Å². The van der Waals surface area contributed by atoms with Crippen LogP contribution in [0.25, 0.3) is 0 Å². The normalized spacial score (nSPS) is 19.8. The molecule has 0 spiro atoms. The van der Waals surface area contributed by atoms with Gasteiger partial charge in [-0.3, -0.25) is 4.79 Å². The van der Waals surface area contributed by atoms with Crippen LogP contribution in [0.2, 0.25) is 5.02 Å². The lowest BCUT2D eigenvalue weighted by Gasteiger charge is -2.32. The van der Waals surface area contributed by atoms with E-state index in [0.717, 1.165) is 75.8 Å². The second kappa shape index (κ2) is 11.3. The van der Waals surface area contributed by atoms with Crippen molar-refractivity contribution in [2.75, 3.05) is 43.9 Å². The fraction of sp³-hybridized carbons (Fsp3) is 0.682. The number of nitrogens with one attached hydrogen (secondary N) is 1. The van der Waals surface area contributed by atoms with Crippen LogP contribution in [0.15, 0.2) is 16.7 Å². The molecule has 0 unspecified atom stereocenters. The quantitative estimate of drug-likeness (QED) is 0.599. The van der Waals surface area contributed by atoms with Gasteiger partial charge in [-0.1, -0.05) is 18.0 Å². The van der Waals surface area contributed by atoms with Crippen molar-refractivity contribution in [1.29, 1.82) is 0 Å². The molecule has 0 atom stereocenters. The Morgan fingerprint density at radius 2 is 2.00 bits per heavy atom. The first-order valence-corrected chi connectivity index (χ1v) is 13.6. The second-order valence-electron chi connectivity index (χ2n) is 8.76. The molecule has 1 N–H and O–H groups in total. The van der Waals surface area contributed by atoms with E-state index in [9.17, 15) is 13.2 Å². The van der Waals surface area contributed by atoms with Crippen molar-refractivity contribution in [3.63, 3.8) is 0 Å². The van der Waals surface area contributed by atoms with Gasteiger partial charge >= 0.3 is 0 Å².